The number of carbonyl (C=O) groups is 1. The summed E-state index contributed by atoms with van der Waals surface area (Å²) in [7, 11) is 0. The van der Waals surface area contributed by atoms with Gasteiger partial charge in [0.2, 0.25) is 5.91 Å². The Morgan fingerprint density at radius 1 is 1.59 bits per heavy atom. The number of morpholine rings is 1. The van der Waals surface area contributed by atoms with Gasteiger partial charge in [-0.15, -0.1) is 0 Å². The third kappa shape index (κ3) is 3.46. The van der Waals surface area contributed by atoms with E-state index in [1.807, 2.05) is 24.3 Å². The summed E-state index contributed by atoms with van der Waals surface area (Å²) in [4.78, 5) is 13.1. The molecule has 1 radical (unpaired) electrons. The number of nitrogens with one attached hydrogen (secondary N) is 1. The molecule has 0 saturated carbocycles. The summed E-state index contributed by atoms with van der Waals surface area (Å²) in [6.45, 7) is 4.49. The average molecular weight is 233 g/mol. The smallest absolute Gasteiger partial charge is 0.216 e. The van der Waals surface area contributed by atoms with Gasteiger partial charge in [-0.25, -0.2) is 0 Å². The van der Waals surface area contributed by atoms with Crippen LogP contribution >= 0.6 is 0 Å². The largest absolute Gasteiger partial charge is 0.373 e. The maximum absolute atomic E-state index is 10.9. The number of hydrogen-bond donors (Lipinski definition) is 1. The summed E-state index contributed by atoms with van der Waals surface area (Å²) < 4.78 is 5.62. The van der Waals surface area contributed by atoms with Gasteiger partial charge < -0.3 is 15.0 Å². The van der Waals surface area contributed by atoms with Crippen molar-refractivity contribution in [1.29, 1.82) is 0 Å². The van der Waals surface area contributed by atoms with Crippen LogP contribution in [0.4, 0.5) is 5.69 Å². The molecule has 1 aromatic rings. The molecule has 1 unspecified atom stereocenters. The first-order chi connectivity index (χ1) is 8.25. The molecule has 1 saturated heterocycles. The summed E-state index contributed by atoms with van der Waals surface area (Å²) in [6, 6.07) is 10.9. The second-order valence-corrected chi connectivity index (χ2v) is 4.13. The molecular weight excluding hydrogens is 216 g/mol. The zero-order chi connectivity index (χ0) is 12.1. The summed E-state index contributed by atoms with van der Waals surface area (Å²) in [5, 5.41) is 2.79. The van der Waals surface area contributed by atoms with E-state index in [1.165, 1.54) is 12.6 Å². The van der Waals surface area contributed by atoms with Crippen molar-refractivity contribution < 1.29 is 9.53 Å². The van der Waals surface area contributed by atoms with Crippen molar-refractivity contribution in [2.24, 2.45) is 0 Å². The van der Waals surface area contributed by atoms with E-state index in [-0.39, 0.29) is 12.0 Å². The topological polar surface area (TPSA) is 41.6 Å². The lowest BCUT2D eigenvalue weighted by molar-refractivity contribution is -0.119. The van der Waals surface area contributed by atoms with Crippen molar-refractivity contribution in [3.8, 4) is 0 Å². The molecule has 4 nitrogen and oxygen atoms in total. The Balaban J connectivity index is 1.91. The third-order valence-electron chi connectivity index (χ3n) is 2.78. The molecule has 1 heterocycles. The molecule has 17 heavy (non-hydrogen) atoms. The Bertz CT molecular complexity index is 367. The molecule has 0 bridgehead atoms. The SMILES string of the molecule is CC(=O)NCC1CN(c2cc[c]cc2)CCO1. The van der Waals surface area contributed by atoms with Gasteiger partial charge in [0.25, 0.3) is 0 Å². The van der Waals surface area contributed by atoms with E-state index >= 15 is 0 Å². The molecule has 1 aliphatic rings. The maximum Gasteiger partial charge on any atom is 0.216 e. The first-order valence-corrected chi connectivity index (χ1v) is 5.83. The minimum absolute atomic E-state index is 0.0139. The highest BCUT2D eigenvalue weighted by Gasteiger charge is 2.20. The van der Waals surface area contributed by atoms with Crippen molar-refractivity contribution in [1.82, 2.24) is 5.32 Å². The molecule has 0 spiro atoms. The van der Waals surface area contributed by atoms with Gasteiger partial charge in [-0.2, -0.15) is 0 Å². The standard InChI is InChI=1S/C13H17N2O2/c1-11(16)14-9-13-10-15(7-8-17-13)12-5-3-2-4-6-12/h3-6,13H,7-10H2,1H3,(H,14,16). The van der Waals surface area contributed by atoms with Gasteiger partial charge >= 0.3 is 0 Å². The second-order valence-electron chi connectivity index (χ2n) is 4.13. The van der Waals surface area contributed by atoms with E-state index in [0.717, 1.165) is 13.1 Å². The van der Waals surface area contributed by atoms with Gasteiger partial charge in [0.1, 0.15) is 0 Å². The van der Waals surface area contributed by atoms with E-state index in [4.69, 9.17) is 4.74 Å². The van der Waals surface area contributed by atoms with Crippen molar-refractivity contribution in [3.05, 3.63) is 30.3 Å². The molecule has 1 fully saturated rings. The first kappa shape index (κ1) is 11.9. The van der Waals surface area contributed by atoms with Crippen LogP contribution in [0.5, 0.6) is 0 Å². The summed E-state index contributed by atoms with van der Waals surface area (Å²) >= 11 is 0. The minimum Gasteiger partial charge on any atom is -0.373 e. The summed E-state index contributed by atoms with van der Waals surface area (Å²) in [5.74, 6) is -0.0139. The minimum atomic E-state index is -0.0139. The predicted molar refractivity (Wildman–Crippen MR) is 65.9 cm³/mol. The number of nitrogens with zero attached hydrogens (tertiary/aromatic N) is 1. The molecule has 0 aromatic heterocycles. The lowest BCUT2D eigenvalue weighted by Crippen LogP contribution is -2.47. The molecule has 91 valence electrons. The second kappa shape index (κ2) is 5.68. The summed E-state index contributed by atoms with van der Waals surface area (Å²) in [5.41, 5.74) is 1.18. The van der Waals surface area contributed by atoms with Crippen LogP contribution in [0.25, 0.3) is 0 Å². The van der Waals surface area contributed by atoms with Crippen LogP contribution in [-0.4, -0.2) is 38.3 Å². The zero-order valence-electron chi connectivity index (χ0n) is 9.98. The van der Waals surface area contributed by atoms with Gasteiger partial charge in [0, 0.05) is 32.2 Å². The van der Waals surface area contributed by atoms with E-state index in [1.54, 1.807) is 0 Å². The van der Waals surface area contributed by atoms with E-state index in [0.29, 0.717) is 13.2 Å². The van der Waals surface area contributed by atoms with Crippen LogP contribution in [-0.2, 0) is 9.53 Å². The number of benzene rings is 1. The van der Waals surface area contributed by atoms with Crippen LogP contribution in [0.1, 0.15) is 6.92 Å². The Morgan fingerprint density at radius 2 is 2.35 bits per heavy atom. The number of carbonyl (C=O) groups excluding carboxylic acids is 1. The Labute approximate surface area is 102 Å². The number of rotatable bonds is 3. The average Bonchev–Trinajstić information content (AvgIpc) is 2.38. The zero-order valence-corrected chi connectivity index (χ0v) is 9.98. The molecule has 2 rings (SSSR count). The number of ether oxygens (including phenoxy) is 1. The lowest BCUT2D eigenvalue weighted by atomic mass is 10.2. The van der Waals surface area contributed by atoms with Gasteiger partial charge in [0.05, 0.1) is 12.7 Å². The molecule has 0 aliphatic carbocycles. The number of anilines is 1. The van der Waals surface area contributed by atoms with Crippen LogP contribution in [0.15, 0.2) is 24.3 Å². The first-order valence-electron chi connectivity index (χ1n) is 5.83. The molecule has 4 heteroatoms. The molecule has 1 aromatic carbocycles. The van der Waals surface area contributed by atoms with Crippen LogP contribution < -0.4 is 10.2 Å². The van der Waals surface area contributed by atoms with Crippen molar-refractivity contribution in [2.45, 2.75) is 13.0 Å². The molecule has 1 amide bonds. The normalized spacial score (nSPS) is 20.1. The molecular formula is C13H17N2O2. The van der Waals surface area contributed by atoms with Crippen LogP contribution in [0.3, 0.4) is 0 Å². The Kier molecular flexibility index (Phi) is 3.98. The van der Waals surface area contributed by atoms with Gasteiger partial charge in [0.15, 0.2) is 0 Å². The van der Waals surface area contributed by atoms with E-state index in [2.05, 4.69) is 16.3 Å². The monoisotopic (exact) mass is 233 g/mol. The highest BCUT2D eigenvalue weighted by Crippen LogP contribution is 2.16. The highest BCUT2D eigenvalue weighted by atomic mass is 16.5. The quantitative estimate of drug-likeness (QED) is 0.840. The Hall–Kier alpha value is -1.55. The number of hydrogen-bond acceptors (Lipinski definition) is 3. The fourth-order valence-electron chi connectivity index (χ4n) is 1.92. The highest BCUT2D eigenvalue weighted by molar-refractivity contribution is 5.72. The fourth-order valence-corrected chi connectivity index (χ4v) is 1.92. The van der Waals surface area contributed by atoms with Crippen molar-refractivity contribution in [2.75, 3.05) is 31.1 Å². The third-order valence-corrected chi connectivity index (χ3v) is 2.78. The van der Waals surface area contributed by atoms with Gasteiger partial charge in [-0.05, 0) is 18.2 Å². The van der Waals surface area contributed by atoms with Gasteiger partial charge in [-0.3, -0.25) is 4.79 Å². The van der Waals surface area contributed by atoms with Crippen molar-refractivity contribution >= 4 is 11.6 Å². The Morgan fingerprint density at radius 3 is 3.06 bits per heavy atom. The van der Waals surface area contributed by atoms with E-state index in [9.17, 15) is 4.79 Å². The lowest BCUT2D eigenvalue weighted by Gasteiger charge is -2.34. The van der Waals surface area contributed by atoms with Crippen molar-refractivity contribution in [3.63, 3.8) is 0 Å². The number of amides is 1. The molecule has 1 N–H and O–H groups in total. The fraction of sp³-hybridized carbons (Fsp3) is 0.462. The summed E-state index contributed by atoms with van der Waals surface area (Å²) in [6.07, 6.45) is 0.0665. The maximum atomic E-state index is 10.9. The van der Waals surface area contributed by atoms with Crippen LogP contribution in [0.2, 0.25) is 0 Å². The van der Waals surface area contributed by atoms with Crippen LogP contribution in [0, 0.1) is 6.07 Å². The molecule has 1 aliphatic heterocycles. The van der Waals surface area contributed by atoms with Gasteiger partial charge in [-0.1, -0.05) is 12.1 Å². The predicted octanol–water partition coefficient (Wildman–Crippen LogP) is 0.828. The van der Waals surface area contributed by atoms with E-state index < -0.39 is 0 Å². The molecule has 1 atom stereocenters.